The Balaban J connectivity index is 1.53. The summed E-state index contributed by atoms with van der Waals surface area (Å²) in [6.45, 7) is 6.78. The Morgan fingerprint density at radius 1 is 0.963 bits per heavy atom. The van der Waals surface area contributed by atoms with Crippen molar-refractivity contribution in [2.24, 2.45) is 0 Å². The fraction of sp³-hybridized carbons (Fsp3) is 0.455. The van der Waals surface area contributed by atoms with Crippen molar-refractivity contribution in [1.29, 1.82) is 0 Å². The van der Waals surface area contributed by atoms with Crippen LogP contribution < -0.4 is 4.90 Å². The minimum Gasteiger partial charge on any atom is -0.368 e. The molecule has 2 heterocycles. The molecule has 0 unspecified atom stereocenters. The number of hydrogen-bond donors (Lipinski definition) is 0. The van der Waals surface area contributed by atoms with Crippen LogP contribution in [0.1, 0.15) is 31.7 Å². The van der Waals surface area contributed by atoms with E-state index >= 15 is 0 Å². The van der Waals surface area contributed by atoms with Gasteiger partial charge in [0, 0.05) is 31.4 Å². The van der Waals surface area contributed by atoms with Gasteiger partial charge in [-0.05, 0) is 68.1 Å². The van der Waals surface area contributed by atoms with E-state index in [1.54, 1.807) is 30.3 Å². The summed E-state index contributed by atoms with van der Waals surface area (Å²) in [5, 5.41) is 0. The molecule has 0 atom stereocenters. The number of likely N-dealkylation sites (tertiary alicyclic amines) is 1. The summed E-state index contributed by atoms with van der Waals surface area (Å²) in [6, 6.07) is 15.0. The normalized spacial score (nSPS) is 18.6. The zero-order valence-electron chi connectivity index (χ0n) is 16.0. The number of benzene rings is 2. The highest BCUT2D eigenvalue weighted by Crippen LogP contribution is 2.35. The van der Waals surface area contributed by atoms with Gasteiger partial charge in [-0.2, -0.15) is 0 Å². The maximum absolute atomic E-state index is 12.9. The van der Waals surface area contributed by atoms with Crippen LogP contribution in [0, 0.1) is 0 Å². The van der Waals surface area contributed by atoms with Crippen molar-refractivity contribution in [2.45, 2.75) is 48.4 Å². The molecule has 2 aromatic carbocycles. The summed E-state index contributed by atoms with van der Waals surface area (Å²) in [4.78, 5) is 5.84. The highest BCUT2D eigenvalue weighted by atomic mass is 32.2. The van der Waals surface area contributed by atoms with Crippen molar-refractivity contribution in [2.75, 3.05) is 31.1 Å². The van der Waals surface area contributed by atoms with Gasteiger partial charge in [0.05, 0.1) is 9.79 Å². The van der Waals surface area contributed by atoms with Gasteiger partial charge in [-0.1, -0.05) is 25.1 Å². The minimum absolute atomic E-state index is 0.364. The van der Waals surface area contributed by atoms with Crippen LogP contribution in [-0.4, -0.2) is 45.5 Å². The largest absolute Gasteiger partial charge is 0.368 e. The molecule has 144 valence electrons. The summed E-state index contributed by atoms with van der Waals surface area (Å²) >= 11 is 0. The van der Waals surface area contributed by atoms with E-state index in [0.29, 0.717) is 15.8 Å². The number of hydrogen-bond acceptors (Lipinski definition) is 4. The van der Waals surface area contributed by atoms with Gasteiger partial charge in [-0.15, -0.1) is 0 Å². The number of nitrogens with zero attached hydrogens (tertiary/aromatic N) is 2. The average molecular weight is 385 g/mol. The maximum Gasteiger partial charge on any atom is 0.206 e. The predicted octanol–water partition coefficient (Wildman–Crippen LogP) is 3.76. The van der Waals surface area contributed by atoms with Crippen LogP contribution >= 0.6 is 0 Å². The smallest absolute Gasteiger partial charge is 0.206 e. The van der Waals surface area contributed by atoms with E-state index in [2.05, 4.69) is 16.7 Å². The second-order valence-electron chi connectivity index (χ2n) is 7.62. The number of anilines is 1. The van der Waals surface area contributed by atoms with E-state index in [0.717, 1.165) is 13.0 Å². The van der Waals surface area contributed by atoms with Crippen molar-refractivity contribution in [3.8, 4) is 0 Å². The summed E-state index contributed by atoms with van der Waals surface area (Å²) in [5.41, 5.74) is 2.40. The Morgan fingerprint density at radius 2 is 1.70 bits per heavy atom. The second-order valence-corrected chi connectivity index (χ2v) is 9.57. The molecule has 2 aromatic rings. The topological polar surface area (TPSA) is 40.6 Å². The van der Waals surface area contributed by atoms with Crippen molar-refractivity contribution >= 4 is 15.5 Å². The molecule has 27 heavy (non-hydrogen) atoms. The predicted molar refractivity (Wildman–Crippen MR) is 109 cm³/mol. The number of rotatable bonds is 5. The van der Waals surface area contributed by atoms with Gasteiger partial charge < -0.3 is 9.80 Å². The third-order valence-electron chi connectivity index (χ3n) is 5.88. The Morgan fingerprint density at radius 3 is 2.41 bits per heavy atom. The van der Waals surface area contributed by atoms with E-state index < -0.39 is 9.84 Å². The van der Waals surface area contributed by atoms with E-state index in [1.807, 2.05) is 18.2 Å². The van der Waals surface area contributed by atoms with Gasteiger partial charge >= 0.3 is 0 Å². The van der Waals surface area contributed by atoms with Gasteiger partial charge in [0.2, 0.25) is 9.84 Å². The summed E-state index contributed by atoms with van der Waals surface area (Å²) in [5.74, 6) is 0. The Hall–Kier alpha value is -1.85. The molecule has 2 aliphatic rings. The maximum atomic E-state index is 12.9. The van der Waals surface area contributed by atoms with E-state index in [-0.39, 0.29) is 0 Å². The molecule has 0 aliphatic carbocycles. The molecule has 0 saturated carbocycles. The summed E-state index contributed by atoms with van der Waals surface area (Å²) in [6.07, 6.45) is 4.55. The van der Waals surface area contributed by atoms with Crippen LogP contribution in [-0.2, 0) is 16.3 Å². The van der Waals surface area contributed by atoms with Crippen LogP contribution in [0.15, 0.2) is 58.3 Å². The Kier molecular flexibility index (Phi) is 5.24. The molecule has 1 saturated heterocycles. The molecule has 1 fully saturated rings. The zero-order chi connectivity index (χ0) is 18.9. The molecule has 5 heteroatoms. The molecule has 0 radical (unpaired) electrons. The van der Waals surface area contributed by atoms with Crippen molar-refractivity contribution < 1.29 is 8.42 Å². The second kappa shape index (κ2) is 7.64. The highest BCUT2D eigenvalue weighted by Gasteiger charge is 2.30. The lowest BCUT2D eigenvalue weighted by atomic mass is 10.0. The lowest BCUT2D eigenvalue weighted by Gasteiger charge is -2.38. The lowest BCUT2D eigenvalue weighted by molar-refractivity contribution is 0.210. The minimum atomic E-state index is -3.44. The molecular formula is C22H28N2O2S. The third kappa shape index (κ3) is 3.63. The summed E-state index contributed by atoms with van der Waals surface area (Å²) in [7, 11) is -3.44. The number of fused-ring (bicyclic) bond motifs is 1. The van der Waals surface area contributed by atoms with E-state index in [9.17, 15) is 8.42 Å². The van der Waals surface area contributed by atoms with Crippen molar-refractivity contribution in [3.05, 3.63) is 54.1 Å². The first-order valence-electron chi connectivity index (χ1n) is 10.0. The van der Waals surface area contributed by atoms with Gasteiger partial charge in [-0.3, -0.25) is 0 Å². The number of piperidine rings is 1. The average Bonchev–Trinajstić information content (AvgIpc) is 3.13. The molecule has 4 nitrogen and oxygen atoms in total. The fourth-order valence-corrected chi connectivity index (χ4v) is 5.79. The molecule has 4 rings (SSSR count). The van der Waals surface area contributed by atoms with Gasteiger partial charge in [0.1, 0.15) is 0 Å². The molecule has 0 N–H and O–H groups in total. The van der Waals surface area contributed by atoms with Gasteiger partial charge in [-0.25, -0.2) is 8.42 Å². The standard InChI is InChI=1S/C22H28N2O2S/c1-2-13-23-14-11-19(12-15-23)24-16-10-18-17-21(8-9-22(18)24)27(25,26)20-6-4-3-5-7-20/h3-9,17,19H,2,10-16H2,1H3. The SMILES string of the molecule is CCCN1CCC(N2CCc3cc(S(=O)(=O)c4ccccc4)ccc32)CC1. The lowest BCUT2D eigenvalue weighted by Crippen LogP contribution is -2.44. The number of sulfone groups is 1. The third-order valence-corrected chi connectivity index (χ3v) is 7.65. The molecule has 0 aromatic heterocycles. The van der Waals surface area contributed by atoms with Gasteiger partial charge in [0.15, 0.2) is 0 Å². The van der Waals surface area contributed by atoms with E-state index in [1.165, 1.54) is 50.1 Å². The first-order chi connectivity index (χ1) is 13.1. The molecule has 0 amide bonds. The Labute approximate surface area is 162 Å². The monoisotopic (exact) mass is 384 g/mol. The Bertz CT molecular complexity index is 888. The van der Waals surface area contributed by atoms with Gasteiger partial charge in [0.25, 0.3) is 0 Å². The summed E-state index contributed by atoms with van der Waals surface area (Å²) < 4.78 is 25.8. The quantitative estimate of drug-likeness (QED) is 0.787. The molecular weight excluding hydrogens is 356 g/mol. The van der Waals surface area contributed by atoms with Crippen LogP contribution in [0.4, 0.5) is 5.69 Å². The molecule has 2 aliphatic heterocycles. The van der Waals surface area contributed by atoms with Crippen LogP contribution in [0.3, 0.4) is 0 Å². The van der Waals surface area contributed by atoms with Crippen molar-refractivity contribution in [1.82, 2.24) is 4.90 Å². The highest BCUT2D eigenvalue weighted by molar-refractivity contribution is 7.91. The van der Waals surface area contributed by atoms with E-state index in [4.69, 9.17) is 0 Å². The van der Waals surface area contributed by atoms with Crippen LogP contribution in [0.25, 0.3) is 0 Å². The fourth-order valence-electron chi connectivity index (χ4n) is 4.46. The molecule has 0 bridgehead atoms. The van der Waals surface area contributed by atoms with Crippen molar-refractivity contribution in [3.63, 3.8) is 0 Å². The molecule has 0 spiro atoms. The first-order valence-corrected chi connectivity index (χ1v) is 11.5. The van der Waals surface area contributed by atoms with Crippen LogP contribution in [0.5, 0.6) is 0 Å². The zero-order valence-corrected chi connectivity index (χ0v) is 16.8. The van der Waals surface area contributed by atoms with Crippen LogP contribution in [0.2, 0.25) is 0 Å². The first kappa shape index (κ1) is 18.5.